The fourth-order valence-corrected chi connectivity index (χ4v) is 4.74. The summed E-state index contributed by atoms with van der Waals surface area (Å²) >= 11 is 0. The van der Waals surface area contributed by atoms with Crippen molar-refractivity contribution < 1.29 is 78.8 Å². The Morgan fingerprint density at radius 2 is 1.20 bits per heavy atom. The number of carbonyl (C=O) groups is 1. The number of esters is 1. The lowest BCUT2D eigenvalue weighted by atomic mass is 9.99. The van der Waals surface area contributed by atoms with Crippen molar-refractivity contribution >= 4 is 5.97 Å². The molecule has 2 aliphatic rings. The van der Waals surface area contributed by atoms with E-state index in [0.29, 0.717) is 5.56 Å². The third kappa shape index (κ3) is 6.84. The van der Waals surface area contributed by atoms with Crippen LogP contribution in [-0.4, -0.2) is 136 Å². The standard InChI is InChI=1S/C28H36O16/c1-38-14-7-8-15(42-28-24(36)22(34)20(32)17(10-30)44-28)25(39-2)18(14)26(37)40-11-12-5-3-4-6-13(12)41-27-23(35)21(33)19(31)16(9-29)43-27/h3-8,16-17,19-24,27-36H,9-11H2,1-2H3/t16-,17-,19-,20-,21+,22+,23-,24-,27-,28-/m1/s1. The Hall–Kier alpha value is -3.29. The van der Waals surface area contributed by atoms with Crippen LogP contribution in [0.25, 0.3) is 0 Å². The zero-order valence-electron chi connectivity index (χ0n) is 23.7. The van der Waals surface area contributed by atoms with Crippen LogP contribution >= 0.6 is 0 Å². The number of benzene rings is 2. The predicted molar refractivity (Wildman–Crippen MR) is 144 cm³/mol. The van der Waals surface area contributed by atoms with E-state index in [4.69, 9.17) is 33.2 Å². The first kappa shape index (κ1) is 33.6. The first-order valence-corrected chi connectivity index (χ1v) is 13.5. The molecule has 0 unspecified atom stereocenters. The van der Waals surface area contributed by atoms with Gasteiger partial charge in [0.25, 0.3) is 0 Å². The molecule has 16 nitrogen and oxygen atoms in total. The van der Waals surface area contributed by atoms with Gasteiger partial charge >= 0.3 is 5.97 Å². The molecule has 0 aliphatic carbocycles. The van der Waals surface area contributed by atoms with Crippen molar-refractivity contribution in [1.82, 2.24) is 0 Å². The molecule has 0 spiro atoms. The highest BCUT2D eigenvalue weighted by molar-refractivity contribution is 5.96. The van der Waals surface area contributed by atoms with Gasteiger partial charge in [0.1, 0.15) is 72.5 Å². The Morgan fingerprint density at radius 3 is 1.73 bits per heavy atom. The van der Waals surface area contributed by atoms with Gasteiger partial charge in [-0.15, -0.1) is 0 Å². The van der Waals surface area contributed by atoms with E-state index in [1.54, 1.807) is 18.2 Å². The molecular weight excluding hydrogens is 592 g/mol. The second-order valence-electron chi connectivity index (χ2n) is 9.99. The first-order valence-electron chi connectivity index (χ1n) is 13.5. The van der Waals surface area contributed by atoms with Crippen molar-refractivity contribution in [2.45, 2.75) is 68.0 Å². The van der Waals surface area contributed by atoms with Crippen LogP contribution in [0, 0.1) is 0 Å². The van der Waals surface area contributed by atoms with Gasteiger partial charge in [-0.2, -0.15) is 0 Å². The molecule has 0 radical (unpaired) electrons. The van der Waals surface area contributed by atoms with Crippen molar-refractivity contribution in [3.8, 4) is 23.0 Å². The minimum Gasteiger partial charge on any atom is -0.496 e. The van der Waals surface area contributed by atoms with E-state index in [1.807, 2.05) is 0 Å². The second-order valence-corrected chi connectivity index (χ2v) is 9.99. The lowest BCUT2D eigenvalue weighted by molar-refractivity contribution is -0.277. The number of hydrogen-bond acceptors (Lipinski definition) is 16. The minimum atomic E-state index is -1.73. The van der Waals surface area contributed by atoms with E-state index < -0.39 is 80.6 Å². The quantitative estimate of drug-likeness (QED) is 0.119. The number of aliphatic hydroxyl groups excluding tert-OH is 8. The minimum absolute atomic E-state index is 0.0267. The molecule has 16 heteroatoms. The van der Waals surface area contributed by atoms with Crippen molar-refractivity contribution in [1.29, 1.82) is 0 Å². The predicted octanol–water partition coefficient (Wildman–Crippen LogP) is -2.58. The molecule has 2 heterocycles. The Kier molecular flexibility index (Phi) is 11.2. The van der Waals surface area contributed by atoms with Crippen molar-refractivity contribution in [2.24, 2.45) is 0 Å². The molecule has 0 bridgehead atoms. The molecule has 8 N–H and O–H groups in total. The van der Waals surface area contributed by atoms with Crippen LogP contribution in [0.4, 0.5) is 0 Å². The maximum atomic E-state index is 13.4. The molecule has 0 aromatic heterocycles. The summed E-state index contributed by atoms with van der Waals surface area (Å²) < 4.78 is 38.4. The Bertz CT molecular complexity index is 1250. The normalized spacial score (nSPS) is 32.0. The van der Waals surface area contributed by atoms with Gasteiger partial charge < -0.3 is 74.0 Å². The SMILES string of the molecule is COc1ccc(O[C@@H]2O[C@H](CO)[C@@H](O)[C@H](O)[C@H]2O)c(OC)c1C(=O)OCc1ccccc1O[C@@H]1O[C@H](CO)[C@@H](O)[C@H](O)[C@H]1O. The summed E-state index contributed by atoms with van der Waals surface area (Å²) in [5, 5.41) is 79.9. The molecule has 244 valence electrons. The smallest absolute Gasteiger partial charge is 0.346 e. The van der Waals surface area contributed by atoms with E-state index in [2.05, 4.69) is 0 Å². The highest BCUT2D eigenvalue weighted by Gasteiger charge is 2.46. The van der Waals surface area contributed by atoms with Crippen LogP contribution in [-0.2, 0) is 20.8 Å². The van der Waals surface area contributed by atoms with Gasteiger partial charge in [-0.1, -0.05) is 18.2 Å². The zero-order chi connectivity index (χ0) is 32.1. The largest absolute Gasteiger partial charge is 0.496 e. The Balaban J connectivity index is 1.53. The number of para-hydroxylation sites is 1. The lowest BCUT2D eigenvalue weighted by Crippen LogP contribution is -2.60. The van der Waals surface area contributed by atoms with Crippen LogP contribution in [0.1, 0.15) is 15.9 Å². The fourth-order valence-electron chi connectivity index (χ4n) is 4.74. The van der Waals surface area contributed by atoms with Crippen molar-refractivity contribution in [3.63, 3.8) is 0 Å². The summed E-state index contributed by atoms with van der Waals surface area (Å²) in [6.45, 7) is -1.70. The maximum Gasteiger partial charge on any atom is 0.346 e. The summed E-state index contributed by atoms with van der Waals surface area (Å²) in [5.74, 6) is -1.13. The summed E-state index contributed by atoms with van der Waals surface area (Å²) in [7, 11) is 2.53. The van der Waals surface area contributed by atoms with E-state index >= 15 is 0 Å². The Labute approximate surface area is 251 Å². The molecule has 10 atom stereocenters. The van der Waals surface area contributed by atoms with Gasteiger partial charge in [0.15, 0.2) is 11.5 Å². The fraction of sp³-hybridized carbons (Fsp3) is 0.536. The van der Waals surface area contributed by atoms with Crippen LogP contribution in [0.5, 0.6) is 23.0 Å². The van der Waals surface area contributed by atoms with Gasteiger partial charge in [0, 0.05) is 5.56 Å². The third-order valence-electron chi connectivity index (χ3n) is 7.23. The highest BCUT2D eigenvalue weighted by Crippen LogP contribution is 2.40. The summed E-state index contributed by atoms with van der Waals surface area (Å²) in [4.78, 5) is 13.4. The van der Waals surface area contributed by atoms with Gasteiger partial charge in [-0.25, -0.2) is 4.79 Å². The number of rotatable bonds is 11. The monoisotopic (exact) mass is 628 g/mol. The van der Waals surface area contributed by atoms with Gasteiger partial charge in [0.2, 0.25) is 12.6 Å². The van der Waals surface area contributed by atoms with E-state index in [-0.39, 0.29) is 35.2 Å². The topological polar surface area (TPSA) is 244 Å². The summed E-state index contributed by atoms with van der Waals surface area (Å²) in [6, 6.07) is 8.96. The number of methoxy groups -OCH3 is 2. The Morgan fingerprint density at radius 1 is 0.682 bits per heavy atom. The number of carbonyl (C=O) groups excluding carboxylic acids is 1. The van der Waals surface area contributed by atoms with Crippen LogP contribution in [0.15, 0.2) is 36.4 Å². The highest BCUT2D eigenvalue weighted by atomic mass is 16.7. The summed E-state index contributed by atoms with van der Waals surface area (Å²) in [5.41, 5.74) is 0.0916. The first-order chi connectivity index (χ1) is 21.1. The van der Waals surface area contributed by atoms with Crippen molar-refractivity contribution in [3.05, 3.63) is 47.5 Å². The molecule has 4 rings (SSSR count). The molecule has 2 aromatic rings. The van der Waals surface area contributed by atoms with Gasteiger partial charge in [0.05, 0.1) is 27.4 Å². The van der Waals surface area contributed by atoms with Crippen LogP contribution < -0.4 is 18.9 Å². The number of aliphatic hydroxyl groups is 8. The zero-order valence-corrected chi connectivity index (χ0v) is 23.7. The molecular formula is C28H36O16. The maximum absolute atomic E-state index is 13.4. The average Bonchev–Trinajstić information content (AvgIpc) is 3.04. The number of ether oxygens (including phenoxy) is 7. The summed E-state index contributed by atoms with van der Waals surface area (Å²) in [6.07, 6.45) is -15.4. The molecule has 2 aliphatic heterocycles. The third-order valence-corrected chi connectivity index (χ3v) is 7.23. The number of hydrogen-bond donors (Lipinski definition) is 8. The van der Waals surface area contributed by atoms with E-state index in [1.165, 1.54) is 32.4 Å². The molecule has 2 fully saturated rings. The second kappa shape index (κ2) is 14.7. The van der Waals surface area contributed by atoms with Gasteiger partial charge in [-0.05, 0) is 18.2 Å². The molecule has 0 saturated carbocycles. The molecule has 2 saturated heterocycles. The molecule has 2 aromatic carbocycles. The van der Waals surface area contributed by atoms with Crippen LogP contribution in [0.3, 0.4) is 0 Å². The lowest BCUT2D eigenvalue weighted by Gasteiger charge is -2.39. The van der Waals surface area contributed by atoms with Crippen molar-refractivity contribution in [2.75, 3.05) is 27.4 Å². The molecule has 0 amide bonds. The van der Waals surface area contributed by atoms with Gasteiger partial charge in [-0.3, -0.25) is 0 Å². The van der Waals surface area contributed by atoms with E-state index in [9.17, 15) is 45.6 Å². The van der Waals surface area contributed by atoms with E-state index in [0.717, 1.165) is 0 Å². The van der Waals surface area contributed by atoms with Crippen LogP contribution in [0.2, 0.25) is 0 Å². The average molecular weight is 629 g/mol. The molecule has 44 heavy (non-hydrogen) atoms.